The monoisotopic (exact) mass is 245 g/mol. The summed E-state index contributed by atoms with van der Waals surface area (Å²) >= 11 is 0. The maximum atomic E-state index is 11.9. The molecule has 1 heterocycles. The molecular weight excluding hydrogens is 222 g/mol. The lowest BCUT2D eigenvalue weighted by atomic mass is 9.96. The van der Waals surface area contributed by atoms with Crippen molar-refractivity contribution < 1.29 is 4.79 Å². The van der Waals surface area contributed by atoms with Gasteiger partial charge in [0.25, 0.3) is 0 Å². The maximum Gasteiger partial charge on any atom is 0.164 e. The molecule has 0 amide bonds. The molecule has 3 rings (SSSR count). The molecule has 0 aromatic carbocycles. The second kappa shape index (κ2) is 4.25. The smallest absolute Gasteiger partial charge is 0.164 e. The summed E-state index contributed by atoms with van der Waals surface area (Å²) in [4.78, 5) is 11.9. The third kappa shape index (κ3) is 1.92. The zero-order valence-corrected chi connectivity index (χ0v) is 11.6. The van der Waals surface area contributed by atoms with E-state index < -0.39 is 0 Å². The Morgan fingerprint density at radius 1 is 1.33 bits per heavy atom. The third-order valence-electron chi connectivity index (χ3n) is 4.76. The fraction of sp³-hybridized carbons (Fsp3) is 0.688. The molecule has 0 radical (unpaired) electrons. The molecular formula is C16H23NO. The molecule has 1 fully saturated rings. The lowest BCUT2D eigenvalue weighted by molar-refractivity contribution is 0.0971. The van der Waals surface area contributed by atoms with E-state index in [0.717, 1.165) is 31.4 Å². The van der Waals surface area contributed by atoms with Gasteiger partial charge in [0.1, 0.15) is 0 Å². The maximum absolute atomic E-state index is 11.9. The van der Waals surface area contributed by atoms with Gasteiger partial charge in [0, 0.05) is 29.9 Å². The lowest BCUT2D eigenvalue weighted by Gasteiger charge is -2.21. The Kier molecular flexibility index (Phi) is 2.84. The largest absolute Gasteiger partial charge is 0.348 e. The normalized spacial score (nSPS) is 20.9. The summed E-state index contributed by atoms with van der Waals surface area (Å²) in [6, 6.07) is 2.12. The Balaban J connectivity index is 1.90. The molecule has 2 nitrogen and oxygen atoms in total. The molecule has 1 saturated carbocycles. The number of hydrogen-bond donors (Lipinski definition) is 0. The first-order chi connectivity index (χ1) is 8.65. The average molecular weight is 245 g/mol. The first kappa shape index (κ1) is 12.0. The summed E-state index contributed by atoms with van der Waals surface area (Å²) < 4.78 is 2.45. The molecule has 0 aliphatic heterocycles. The fourth-order valence-electron chi connectivity index (χ4n) is 3.54. The summed E-state index contributed by atoms with van der Waals surface area (Å²) in [5.41, 5.74) is 4.20. The minimum atomic E-state index is 0.360. The number of aromatic nitrogens is 1. The van der Waals surface area contributed by atoms with Crippen molar-refractivity contribution in [3.63, 3.8) is 0 Å². The minimum absolute atomic E-state index is 0.360. The number of ketones is 1. The zero-order valence-electron chi connectivity index (χ0n) is 11.6. The van der Waals surface area contributed by atoms with E-state index in [1.54, 1.807) is 0 Å². The second-order valence-corrected chi connectivity index (χ2v) is 6.26. The molecule has 98 valence electrons. The van der Waals surface area contributed by atoms with E-state index >= 15 is 0 Å². The fourth-order valence-corrected chi connectivity index (χ4v) is 3.54. The topological polar surface area (TPSA) is 22.0 Å². The molecule has 18 heavy (non-hydrogen) atoms. The van der Waals surface area contributed by atoms with Crippen molar-refractivity contribution >= 4 is 5.78 Å². The van der Waals surface area contributed by atoms with Crippen molar-refractivity contribution in [1.82, 2.24) is 4.57 Å². The summed E-state index contributed by atoms with van der Waals surface area (Å²) in [5, 5.41) is 0. The Morgan fingerprint density at radius 2 is 2.11 bits per heavy atom. The van der Waals surface area contributed by atoms with Crippen LogP contribution in [0, 0.1) is 12.3 Å². The van der Waals surface area contributed by atoms with Crippen LogP contribution in [-0.4, -0.2) is 10.4 Å². The van der Waals surface area contributed by atoms with Gasteiger partial charge in [-0.05, 0) is 50.5 Å². The number of aryl methyl sites for hydroxylation is 1. The van der Waals surface area contributed by atoms with Gasteiger partial charge >= 0.3 is 0 Å². The quantitative estimate of drug-likeness (QED) is 0.788. The predicted octanol–water partition coefficient (Wildman–Crippen LogP) is 3.90. The molecule has 1 aromatic rings. The Labute approximate surface area is 109 Å². The van der Waals surface area contributed by atoms with E-state index in [0.29, 0.717) is 11.2 Å². The number of carbonyl (C=O) groups excluding carboxylic acids is 1. The van der Waals surface area contributed by atoms with Crippen molar-refractivity contribution in [1.29, 1.82) is 0 Å². The van der Waals surface area contributed by atoms with E-state index in [2.05, 4.69) is 24.5 Å². The SMILES string of the molecule is CCCC1(Cn2c(C)cc3c2CCCC3=O)CC1. The number of fused-ring (bicyclic) bond motifs is 1. The van der Waals surface area contributed by atoms with Gasteiger partial charge in [-0.15, -0.1) is 0 Å². The molecule has 2 aliphatic carbocycles. The summed E-state index contributed by atoms with van der Waals surface area (Å²) in [7, 11) is 0. The molecule has 0 N–H and O–H groups in total. The number of carbonyl (C=O) groups is 1. The molecule has 0 spiro atoms. The van der Waals surface area contributed by atoms with Gasteiger partial charge in [-0.1, -0.05) is 13.3 Å². The van der Waals surface area contributed by atoms with Crippen LogP contribution < -0.4 is 0 Å². The minimum Gasteiger partial charge on any atom is -0.348 e. The van der Waals surface area contributed by atoms with Gasteiger partial charge in [0.05, 0.1) is 0 Å². The van der Waals surface area contributed by atoms with Gasteiger partial charge in [-0.25, -0.2) is 0 Å². The highest BCUT2D eigenvalue weighted by molar-refractivity contribution is 5.98. The highest BCUT2D eigenvalue weighted by atomic mass is 16.1. The highest BCUT2D eigenvalue weighted by Gasteiger charge is 2.42. The molecule has 0 unspecified atom stereocenters. The second-order valence-electron chi connectivity index (χ2n) is 6.26. The molecule has 0 saturated heterocycles. The standard InChI is InChI=1S/C16H23NO/c1-3-7-16(8-9-16)11-17-12(2)10-13-14(17)5-4-6-15(13)18/h10H,3-9,11H2,1-2H3. The van der Waals surface area contributed by atoms with Crippen molar-refractivity contribution in [3.05, 3.63) is 23.0 Å². The van der Waals surface area contributed by atoms with E-state index in [4.69, 9.17) is 0 Å². The van der Waals surface area contributed by atoms with E-state index in [1.165, 1.54) is 37.1 Å². The van der Waals surface area contributed by atoms with Crippen LogP contribution in [0.5, 0.6) is 0 Å². The Morgan fingerprint density at radius 3 is 2.78 bits per heavy atom. The number of hydrogen-bond acceptors (Lipinski definition) is 1. The highest BCUT2D eigenvalue weighted by Crippen LogP contribution is 2.51. The molecule has 2 aliphatic rings. The number of nitrogens with zero attached hydrogens (tertiary/aromatic N) is 1. The van der Waals surface area contributed by atoms with Crippen molar-refractivity contribution in [2.75, 3.05) is 0 Å². The number of rotatable bonds is 4. The van der Waals surface area contributed by atoms with Gasteiger partial charge in [0.15, 0.2) is 5.78 Å². The zero-order chi connectivity index (χ0) is 12.8. The van der Waals surface area contributed by atoms with Crippen LogP contribution in [0.2, 0.25) is 0 Å². The molecule has 0 atom stereocenters. The molecule has 2 heteroatoms. The van der Waals surface area contributed by atoms with Gasteiger partial charge in [-0.3, -0.25) is 4.79 Å². The van der Waals surface area contributed by atoms with Crippen LogP contribution in [0.3, 0.4) is 0 Å². The van der Waals surface area contributed by atoms with Gasteiger partial charge < -0.3 is 4.57 Å². The van der Waals surface area contributed by atoms with Crippen LogP contribution in [0.4, 0.5) is 0 Å². The van der Waals surface area contributed by atoms with Crippen LogP contribution >= 0.6 is 0 Å². The number of Topliss-reactive ketones (excluding diaryl/α,β-unsaturated/α-hetero) is 1. The van der Waals surface area contributed by atoms with E-state index in [-0.39, 0.29) is 0 Å². The Hall–Kier alpha value is -1.05. The van der Waals surface area contributed by atoms with Crippen molar-refractivity contribution in [2.24, 2.45) is 5.41 Å². The first-order valence-corrected chi connectivity index (χ1v) is 7.37. The van der Waals surface area contributed by atoms with Gasteiger partial charge in [0.2, 0.25) is 0 Å². The van der Waals surface area contributed by atoms with Crippen LogP contribution in [0.15, 0.2) is 6.07 Å². The van der Waals surface area contributed by atoms with Crippen molar-refractivity contribution in [3.8, 4) is 0 Å². The molecule has 1 aromatic heterocycles. The summed E-state index contributed by atoms with van der Waals surface area (Å²) in [6.45, 7) is 5.59. The predicted molar refractivity (Wildman–Crippen MR) is 73.0 cm³/mol. The first-order valence-electron chi connectivity index (χ1n) is 7.37. The van der Waals surface area contributed by atoms with Crippen LogP contribution in [0.25, 0.3) is 0 Å². The molecule has 0 bridgehead atoms. The van der Waals surface area contributed by atoms with Gasteiger partial charge in [-0.2, -0.15) is 0 Å². The van der Waals surface area contributed by atoms with Crippen LogP contribution in [-0.2, 0) is 13.0 Å². The summed E-state index contributed by atoms with van der Waals surface area (Å²) in [5.74, 6) is 0.360. The van der Waals surface area contributed by atoms with Crippen LogP contribution in [0.1, 0.15) is 67.2 Å². The average Bonchev–Trinajstić information content (AvgIpc) is 3.02. The Bertz CT molecular complexity index is 480. The van der Waals surface area contributed by atoms with E-state index in [1.807, 2.05) is 0 Å². The lowest BCUT2D eigenvalue weighted by Crippen LogP contribution is -2.18. The van der Waals surface area contributed by atoms with E-state index in [9.17, 15) is 4.79 Å². The summed E-state index contributed by atoms with van der Waals surface area (Å²) in [6.07, 6.45) is 8.25. The third-order valence-corrected chi connectivity index (χ3v) is 4.76. The van der Waals surface area contributed by atoms with Crippen molar-refractivity contribution in [2.45, 2.75) is 65.3 Å².